The van der Waals surface area contributed by atoms with Crippen molar-refractivity contribution < 1.29 is 32.8 Å². The first-order valence-corrected chi connectivity index (χ1v) is 5.74. The summed E-state index contributed by atoms with van der Waals surface area (Å²) in [5.41, 5.74) is 11.0. The Morgan fingerprint density at radius 1 is 1.17 bits per heavy atom. The van der Waals surface area contributed by atoms with E-state index in [-0.39, 0.29) is 32.8 Å². The number of nitrogens with two attached hydrogens (primary N) is 2. The molecular formula is C13H24ClN3Pd. The second-order valence-electron chi connectivity index (χ2n) is 3.94. The van der Waals surface area contributed by atoms with Crippen molar-refractivity contribution in [1.82, 2.24) is 5.32 Å². The zero-order valence-electron chi connectivity index (χ0n) is 11.2. The first kappa shape index (κ1) is 23.2. The fourth-order valence-corrected chi connectivity index (χ4v) is 1.27. The molecule has 3 nitrogen and oxygen atoms in total. The Morgan fingerprint density at radius 3 is 2.06 bits per heavy atom. The summed E-state index contributed by atoms with van der Waals surface area (Å²) in [6, 6.07) is 12.2. The molecule has 0 aliphatic carbocycles. The summed E-state index contributed by atoms with van der Waals surface area (Å²) in [5, 5.41) is 3.43. The Bertz CT molecular complexity index is 256. The van der Waals surface area contributed by atoms with Crippen LogP contribution < -0.4 is 29.2 Å². The number of hydrogen-bond acceptors (Lipinski definition) is 3. The summed E-state index contributed by atoms with van der Waals surface area (Å²) in [5.74, 6) is 0. The smallest absolute Gasteiger partial charge is 1.00 e. The maximum atomic E-state index is 4.90. The van der Waals surface area contributed by atoms with Gasteiger partial charge in [-0.05, 0) is 6.92 Å². The van der Waals surface area contributed by atoms with E-state index >= 15 is 0 Å². The van der Waals surface area contributed by atoms with Gasteiger partial charge in [0.15, 0.2) is 0 Å². The third kappa shape index (κ3) is 12.5. The Kier molecular flexibility index (Phi) is 19.4. The number of benzene rings is 1. The predicted molar refractivity (Wildman–Crippen MR) is 70.1 cm³/mol. The molecule has 0 unspecified atom stereocenters. The fourth-order valence-electron chi connectivity index (χ4n) is 1.27. The summed E-state index contributed by atoms with van der Waals surface area (Å²) in [4.78, 5) is 0. The maximum Gasteiger partial charge on any atom is 2.00 e. The van der Waals surface area contributed by atoms with Gasteiger partial charge >= 0.3 is 20.4 Å². The van der Waals surface area contributed by atoms with E-state index in [9.17, 15) is 0 Å². The van der Waals surface area contributed by atoms with Gasteiger partial charge in [-0.2, -0.15) is 30.3 Å². The summed E-state index contributed by atoms with van der Waals surface area (Å²) >= 11 is 0. The largest absolute Gasteiger partial charge is 2.00 e. The van der Waals surface area contributed by atoms with Gasteiger partial charge in [-0.15, -0.1) is 5.56 Å². The van der Waals surface area contributed by atoms with E-state index < -0.39 is 0 Å². The molecule has 5 heteroatoms. The number of hydrogen-bond donors (Lipinski definition) is 3. The van der Waals surface area contributed by atoms with E-state index in [4.69, 9.17) is 11.5 Å². The normalized spacial score (nSPS) is 10.6. The van der Waals surface area contributed by atoms with Gasteiger partial charge in [-0.25, -0.2) is 0 Å². The van der Waals surface area contributed by atoms with E-state index in [1.807, 2.05) is 18.2 Å². The predicted octanol–water partition coefficient (Wildman–Crippen LogP) is -1.55. The first-order chi connectivity index (χ1) is 7.61. The molecular weight excluding hydrogens is 340 g/mol. The molecule has 0 aliphatic rings. The van der Waals surface area contributed by atoms with Gasteiger partial charge in [-0.3, -0.25) is 0 Å². The van der Waals surface area contributed by atoms with Gasteiger partial charge in [0.25, 0.3) is 0 Å². The van der Waals surface area contributed by atoms with Gasteiger partial charge in [0.2, 0.25) is 0 Å². The van der Waals surface area contributed by atoms with Crippen molar-refractivity contribution in [3.05, 3.63) is 35.9 Å². The number of nitrogens with one attached hydrogen (secondary N) is 1. The minimum atomic E-state index is 0. The zero-order valence-corrected chi connectivity index (χ0v) is 13.5. The second-order valence-corrected chi connectivity index (χ2v) is 3.94. The van der Waals surface area contributed by atoms with Gasteiger partial charge in [0.1, 0.15) is 0 Å². The molecule has 1 rings (SSSR count). The van der Waals surface area contributed by atoms with Crippen molar-refractivity contribution in [2.24, 2.45) is 11.5 Å². The van der Waals surface area contributed by atoms with Crippen LogP contribution in [-0.4, -0.2) is 19.1 Å². The van der Waals surface area contributed by atoms with Crippen molar-refractivity contribution in [3.8, 4) is 0 Å². The Labute approximate surface area is 131 Å². The quantitative estimate of drug-likeness (QED) is 0.448. The molecule has 0 aromatic heterocycles. The van der Waals surface area contributed by atoms with Crippen LogP contribution in [0.5, 0.6) is 0 Å². The van der Waals surface area contributed by atoms with Crippen LogP contribution in [0.1, 0.15) is 32.4 Å². The van der Waals surface area contributed by atoms with E-state index in [1.165, 1.54) is 5.56 Å². The summed E-state index contributed by atoms with van der Waals surface area (Å²) in [6.45, 7) is 7.66. The zero-order chi connectivity index (χ0) is 12.4. The molecule has 108 valence electrons. The molecule has 0 radical (unpaired) electrons. The van der Waals surface area contributed by atoms with Crippen molar-refractivity contribution in [2.45, 2.75) is 32.9 Å². The Morgan fingerprint density at radius 2 is 1.72 bits per heavy atom. The van der Waals surface area contributed by atoms with Gasteiger partial charge in [0.05, 0.1) is 0 Å². The van der Waals surface area contributed by atoms with Gasteiger partial charge in [0, 0.05) is 25.2 Å². The average molecular weight is 364 g/mol. The molecule has 0 saturated heterocycles. The van der Waals surface area contributed by atoms with Crippen molar-refractivity contribution in [3.63, 3.8) is 0 Å². The summed E-state index contributed by atoms with van der Waals surface area (Å²) < 4.78 is 0. The van der Waals surface area contributed by atoms with Crippen molar-refractivity contribution in [1.29, 1.82) is 0 Å². The van der Waals surface area contributed by atoms with E-state index in [0.717, 1.165) is 0 Å². The maximum absolute atomic E-state index is 4.90. The van der Waals surface area contributed by atoms with Crippen LogP contribution in [0.4, 0.5) is 0 Å². The fraction of sp³-hybridized carbons (Fsp3) is 0.538. The summed E-state index contributed by atoms with van der Waals surface area (Å²) in [6.07, 6.45) is 0. The third-order valence-electron chi connectivity index (χ3n) is 1.95. The van der Waals surface area contributed by atoms with Crippen LogP contribution in [0, 0.1) is 6.07 Å². The van der Waals surface area contributed by atoms with Crippen molar-refractivity contribution in [2.75, 3.05) is 13.1 Å². The molecule has 0 spiro atoms. The standard InChI is InChI=1S/C11H16N.C2H8N2.ClH.Pd/c1-9(2)12-10(3)11-7-5-4-6-8-11;3-1-2-4;;/h4-7,9-10,12H,1-3H3;1-4H2;1H;/q-1;;;+2/p-1/t10-;;;/m0.../s1. The molecule has 0 aliphatic heterocycles. The molecule has 1 atom stereocenters. The minimum Gasteiger partial charge on any atom is -1.00 e. The van der Waals surface area contributed by atoms with Crippen LogP contribution in [-0.2, 0) is 20.4 Å². The molecule has 0 heterocycles. The number of rotatable bonds is 4. The monoisotopic (exact) mass is 363 g/mol. The van der Waals surface area contributed by atoms with Gasteiger partial charge in [-0.1, -0.05) is 13.8 Å². The average Bonchev–Trinajstić information content (AvgIpc) is 2.30. The molecule has 1 aromatic carbocycles. The first-order valence-electron chi connectivity index (χ1n) is 5.74. The molecule has 0 amide bonds. The molecule has 5 N–H and O–H groups in total. The Hall–Kier alpha value is 0.0523. The van der Waals surface area contributed by atoms with E-state index in [2.05, 4.69) is 38.2 Å². The summed E-state index contributed by atoms with van der Waals surface area (Å²) in [7, 11) is 0. The molecule has 0 saturated carbocycles. The van der Waals surface area contributed by atoms with Crippen LogP contribution >= 0.6 is 0 Å². The molecule has 18 heavy (non-hydrogen) atoms. The second kappa shape index (κ2) is 15.1. The third-order valence-corrected chi connectivity index (χ3v) is 1.95. The van der Waals surface area contributed by atoms with Gasteiger partial charge < -0.3 is 29.2 Å². The molecule has 0 fully saturated rings. The van der Waals surface area contributed by atoms with Crippen molar-refractivity contribution >= 4 is 0 Å². The SMILES string of the molecule is CC(C)N[C@@H](C)c1[c-]cccc1.NCCN.[Cl-].[Pd+2]. The topological polar surface area (TPSA) is 64.1 Å². The molecule has 0 bridgehead atoms. The minimum absolute atomic E-state index is 0. The van der Waals surface area contributed by atoms with Crippen LogP contribution in [0.15, 0.2) is 24.3 Å². The van der Waals surface area contributed by atoms with E-state index in [0.29, 0.717) is 25.2 Å². The number of halogens is 1. The van der Waals surface area contributed by atoms with Crippen LogP contribution in [0.2, 0.25) is 0 Å². The molecule has 1 aromatic rings. The van der Waals surface area contributed by atoms with Crippen LogP contribution in [0.25, 0.3) is 0 Å². The van der Waals surface area contributed by atoms with E-state index in [1.54, 1.807) is 0 Å². The van der Waals surface area contributed by atoms with Crippen LogP contribution in [0.3, 0.4) is 0 Å². The Balaban J connectivity index is -0.000000332.